The van der Waals surface area contributed by atoms with Crippen LogP contribution in [0.5, 0.6) is 0 Å². The SMILES string of the molecule is Cc1cc(Br)c(C(Cl)C2CCc3ccccc3C2)s1. The first-order valence-corrected chi connectivity index (χ1v) is 8.66. The van der Waals surface area contributed by atoms with Crippen LogP contribution in [0, 0.1) is 12.8 Å². The summed E-state index contributed by atoms with van der Waals surface area (Å²) in [4.78, 5) is 2.62. The van der Waals surface area contributed by atoms with E-state index in [0.717, 1.165) is 12.8 Å². The number of benzene rings is 1. The summed E-state index contributed by atoms with van der Waals surface area (Å²) in [7, 11) is 0. The summed E-state index contributed by atoms with van der Waals surface area (Å²) < 4.78 is 1.17. The molecule has 0 amide bonds. The molecule has 0 saturated heterocycles. The van der Waals surface area contributed by atoms with Crippen molar-refractivity contribution in [2.24, 2.45) is 5.92 Å². The highest BCUT2D eigenvalue weighted by molar-refractivity contribution is 9.10. The fourth-order valence-corrected chi connectivity index (χ4v) is 5.45. The van der Waals surface area contributed by atoms with E-state index in [9.17, 15) is 0 Å². The third-order valence-electron chi connectivity index (χ3n) is 3.89. The Balaban J connectivity index is 1.83. The van der Waals surface area contributed by atoms with E-state index in [1.54, 1.807) is 0 Å². The molecular formula is C16H16BrClS. The van der Waals surface area contributed by atoms with E-state index in [4.69, 9.17) is 11.6 Å². The third-order valence-corrected chi connectivity index (χ3v) is 6.64. The Morgan fingerprint density at radius 1 is 1.32 bits per heavy atom. The predicted octanol–water partition coefficient (Wildman–Crippen LogP) is 5.90. The summed E-state index contributed by atoms with van der Waals surface area (Å²) in [5.41, 5.74) is 2.98. The number of aryl methyl sites for hydroxylation is 2. The Kier molecular flexibility index (Phi) is 4.02. The summed E-state index contributed by atoms with van der Waals surface area (Å²) >= 11 is 12.2. The molecule has 3 heteroatoms. The topological polar surface area (TPSA) is 0 Å². The zero-order valence-electron chi connectivity index (χ0n) is 10.8. The molecule has 100 valence electrons. The first-order valence-electron chi connectivity index (χ1n) is 6.62. The van der Waals surface area contributed by atoms with Crippen molar-refractivity contribution in [3.05, 3.63) is 55.7 Å². The van der Waals surface area contributed by atoms with Crippen molar-refractivity contribution in [1.82, 2.24) is 0 Å². The highest BCUT2D eigenvalue weighted by atomic mass is 79.9. The number of halogens is 2. The van der Waals surface area contributed by atoms with Gasteiger partial charge in [0.1, 0.15) is 0 Å². The molecule has 1 heterocycles. The van der Waals surface area contributed by atoms with Crippen molar-refractivity contribution in [2.75, 3.05) is 0 Å². The van der Waals surface area contributed by atoms with Crippen LogP contribution in [0.3, 0.4) is 0 Å². The van der Waals surface area contributed by atoms with Crippen LogP contribution in [-0.4, -0.2) is 0 Å². The molecule has 0 aliphatic heterocycles. The van der Waals surface area contributed by atoms with E-state index in [0.29, 0.717) is 5.92 Å². The molecule has 1 aliphatic carbocycles. The number of rotatable bonds is 2. The quantitative estimate of drug-likeness (QED) is 0.588. The van der Waals surface area contributed by atoms with Crippen LogP contribution in [0.2, 0.25) is 0 Å². The molecule has 1 aromatic heterocycles. The summed E-state index contributed by atoms with van der Waals surface area (Å²) in [6, 6.07) is 10.9. The maximum absolute atomic E-state index is 6.75. The smallest absolute Gasteiger partial charge is 0.0721 e. The van der Waals surface area contributed by atoms with Crippen molar-refractivity contribution in [1.29, 1.82) is 0 Å². The minimum absolute atomic E-state index is 0.126. The van der Waals surface area contributed by atoms with Gasteiger partial charge in [0.25, 0.3) is 0 Å². The molecule has 19 heavy (non-hydrogen) atoms. The second-order valence-corrected chi connectivity index (χ2v) is 7.86. The van der Waals surface area contributed by atoms with Crippen molar-refractivity contribution in [3.8, 4) is 0 Å². The first-order chi connectivity index (χ1) is 9.15. The van der Waals surface area contributed by atoms with Crippen molar-refractivity contribution in [2.45, 2.75) is 31.6 Å². The molecule has 1 aliphatic rings. The van der Waals surface area contributed by atoms with Gasteiger partial charge in [-0.15, -0.1) is 22.9 Å². The maximum atomic E-state index is 6.75. The molecule has 0 spiro atoms. The van der Waals surface area contributed by atoms with Crippen LogP contribution in [0.25, 0.3) is 0 Å². The predicted molar refractivity (Wildman–Crippen MR) is 87.3 cm³/mol. The van der Waals surface area contributed by atoms with Crippen molar-refractivity contribution in [3.63, 3.8) is 0 Å². The van der Waals surface area contributed by atoms with Gasteiger partial charge in [-0.1, -0.05) is 24.3 Å². The minimum atomic E-state index is 0.126. The summed E-state index contributed by atoms with van der Waals surface area (Å²) in [5, 5.41) is 0.126. The summed E-state index contributed by atoms with van der Waals surface area (Å²) in [5.74, 6) is 0.547. The van der Waals surface area contributed by atoms with Gasteiger partial charge in [0, 0.05) is 14.2 Å². The first kappa shape index (κ1) is 13.7. The Morgan fingerprint density at radius 2 is 2.05 bits per heavy atom. The molecule has 2 aromatic rings. The lowest BCUT2D eigenvalue weighted by Crippen LogP contribution is -2.18. The van der Waals surface area contributed by atoms with Gasteiger partial charge in [-0.05, 0) is 65.2 Å². The molecule has 2 unspecified atom stereocenters. The van der Waals surface area contributed by atoms with Gasteiger partial charge < -0.3 is 0 Å². The summed E-state index contributed by atoms with van der Waals surface area (Å²) in [6.07, 6.45) is 3.45. The Labute approximate surface area is 131 Å². The van der Waals surface area contributed by atoms with Gasteiger partial charge in [-0.3, -0.25) is 0 Å². The van der Waals surface area contributed by atoms with Crippen LogP contribution >= 0.6 is 38.9 Å². The Bertz CT molecular complexity index is 590. The number of hydrogen-bond acceptors (Lipinski definition) is 1. The van der Waals surface area contributed by atoms with E-state index < -0.39 is 0 Å². The van der Waals surface area contributed by atoms with E-state index in [-0.39, 0.29) is 5.38 Å². The van der Waals surface area contributed by atoms with Crippen molar-refractivity contribution < 1.29 is 0 Å². The van der Waals surface area contributed by atoms with E-state index in [2.05, 4.69) is 53.2 Å². The number of thiophene rings is 1. The normalized spacial score (nSPS) is 20.1. The standard InChI is InChI=1S/C16H16BrClS/c1-10-8-14(17)16(19-10)15(18)13-7-6-11-4-2-3-5-12(11)9-13/h2-5,8,13,15H,6-7,9H2,1H3. The highest BCUT2D eigenvalue weighted by Crippen LogP contribution is 2.43. The minimum Gasteiger partial charge on any atom is -0.143 e. The van der Waals surface area contributed by atoms with E-state index in [1.807, 2.05) is 11.3 Å². The number of alkyl halides is 1. The van der Waals surface area contributed by atoms with E-state index >= 15 is 0 Å². The fraction of sp³-hybridized carbons (Fsp3) is 0.375. The Morgan fingerprint density at radius 3 is 2.74 bits per heavy atom. The van der Waals surface area contributed by atoms with Crippen molar-refractivity contribution >= 4 is 38.9 Å². The monoisotopic (exact) mass is 354 g/mol. The van der Waals surface area contributed by atoms with Crippen LogP contribution in [0.4, 0.5) is 0 Å². The molecule has 0 radical (unpaired) electrons. The summed E-state index contributed by atoms with van der Waals surface area (Å²) in [6.45, 7) is 2.14. The zero-order valence-corrected chi connectivity index (χ0v) is 14.0. The number of fused-ring (bicyclic) bond motifs is 1. The van der Waals surface area contributed by atoms with Gasteiger partial charge in [0.15, 0.2) is 0 Å². The molecule has 0 fully saturated rings. The third kappa shape index (κ3) is 2.76. The van der Waals surface area contributed by atoms with Gasteiger partial charge in [0.05, 0.1) is 5.38 Å². The lowest BCUT2D eigenvalue weighted by molar-refractivity contribution is 0.446. The van der Waals surface area contributed by atoms with Gasteiger partial charge in [-0.2, -0.15) is 0 Å². The average Bonchev–Trinajstić information content (AvgIpc) is 2.76. The molecule has 0 nitrogen and oxygen atoms in total. The van der Waals surface area contributed by atoms with Crippen LogP contribution < -0.4 is 0 Å². The zero-order chi connectivity index (χ0) is 13.4. The molecule has 0 N–H and O–H groups in total. The fourth-order valence-electron chi connectivity index (χ4n) is 2.88. The molecular weight excluding hydrogens is 340 g/mol. The molecule has 0 saturated carbocycles. The maximum Gasteiger partial charge on any atom is 0.0721 e. The Hall–Kier alpha value is -0.310. The lowest BCUT2D eigenvalue weighted by Gasteiger charge is -2.28. The second-order valence-electron chi connectivity index (χ2n) is 5.24. The van der Waals surface area contributed by atoms with Crippen LogP contribution in [-0.2, 0) is 12.8 Å². The van der Waals surface area contributed by atoms with Gasteiger partial charge >= 0.3 is 0 Å². The molecule has 3 rings (SSSR count). The number of hydrogen-bond donors (Lipinski definition) is 0. The highest BCUT2D eigenvalue weighted by Gasteiger charge is 2.28. The van der Waals surface area contributed by atoms with Crippen LogP contribution in [0.15, 0.2) is 34.8 Å². The molecule has 0 bridgehead atoms. The van der Waals surface area contributed by atoms with Crippen LogP contribution in [0.1, 0.15) is 32.7 Å². The van der Waals surface area contributed by atoms with E-state index in [1.165, 1.54) is 31.8 Å². The lowest BCUT2D eigenvalue weighted by atomic mass is 9.82. The molecule has 1 aromatic carbocycles. The largest absolute Gasteiger partial charge is 0.143 e. The molecule has 2 atom stereocenters. The van der Waals surface area contributed by atoms with Gasteiger partial charge in [0.2, 0.25) is 0 Å². The van der Waals surface area contributed by atoms with Gasteiger partial charge in [-0.25, -0.2) is 0 Å². The second kappa shape index (κ2) is 5.59. The average molecular weight is 356 g/mol.